The van der Waals surface area contributed by atoms with E-state index < -0.39 is 5.97 Å². The fourth-order valence-electron chi connectivity index (χ4n) is 4.55. The van der Waals surface area contributed by atoms with E-state index in [0.717, 1.165) is 47.8 Å². The molecule has 0 unspecified atom stereocenters. The van der Waals surface area contributed by atoms with Crippen molar-refractivity contribution in [2.24, 2.45) is 13.0 Å². The van der Waals surface area contributed by atoms with E-state index >= 15 is 0 Å². The SMILES string of the molecule is Cn1cc(-c2ccc3cnc4[nH]cc([C@H]5CC[C@@H](C(=O)O)CC5)c4c3c2)cn1. The number of carboxylic acid groups (broad SMARTS) is 1. The molecular formula is C22H22N4O2. The third-order valence-electron chi connectivity index (χ3n) is 6.10. The van der Waals surface area contributed by atoms with Crippen LogP contribution in [-0.2, 0) is 11.8 Å². The molecule has 0 radical (unpaired) electrons. The van der Waals surface area contributed by atoms with Gasteiger partial charge in [0.2, 0.25) is 0 Å². The molecule has 6 nitrogen and oxygen atoms in total. The van der Waals surface area contributed by atoms with Gasteiger partial charge in [0, 0.05) is 42.0 Å². The van der Waals surface area contributed by atoms with Crippen molar-refractivity contribution in [3.63, 3.8) is 0 Å². The Balaban J connectivity index is 1.61. The molecule has 2 N–H and O–H groups in total. The molecular weight excluding hydrogens is 352 g/mol. The first-order valence-electron chi connectivity index (χ1n) is 9.71. The van der Waals surface area contributed by atoms with Gasteiger partial charge in [-0.3, -0.25) is 9.48 Å². The molecule has 1 fully saturated rings. The van der Waals surface area contributed by atoms with Crippen molar-refractivity contribution in [2.75, 3.05) is 0 Å². The summed E-state index contributed by atoms with van der Waals surface area (Å²) in [6, 6.07) is 6.44. The highest BCUT2D eigenvalue weighted by molar-refractivity contribution is 6.08. The topological polar surface area (TPSA) is 83.8 Å². The summed E-state index contributed by atoms with van der Waals surface area (Å²) in [5.41, 5.74) is 4.38. The number of aromatic nitrogens is 4. The Labute approximate surface area is 162 Å². The second-order valence-corrected chi connectivity index (χ2v) is 7.82. The highest BCUT2D eigenvalue weighted by Crippen LogP contribution is 2.41. The summed E-state index contributed by atoms with van der Waals surface area (Å²) in [6.45, 7) is 0. The number of fused-ring (bicyclic) bond motifs is 3. The van der Waals surface area contributed by atoms with Gasteiger partial charge in [-0.1, -0.05) is 12.1 Å². The first kappa shape index (κ1) is 17.0. The van der Waals surface area contributed by atoms with E-state index in [0.29, 0.717) is 5.92 Å². The highest BCUT2D eigenvalue weighted by Gasteiger charge is 2.28. The number of rotatable bonds is 3. The number of aliphatic carboxylic acids is 1. The Bertz CT molecular complexity index is 1180. The van der Waals surface area contributed by atoms with Crippen molar-refractivity contribution in [1.29, 1.82) is 0 Å². The summed E-state index contributed by atoms with van der Waals surface area (Å²) in [5.74, 6) is -0.488. The molecule has 142 valence electrons. The lowest BCUT2D eigenvalue weighted by Gasteiger charge is -2.26. The first-order valence-corrected chi connectivity index (χ1v) is 9.71. The molecule has 1 aliphatic rings. The van der Waals surface area contributed by atoms with Gasteiger partial charge >= 0.3 is 5.97 Å². The minimum absolute atomic E-state index is 0.200. The van der Waals surface area contributed by atoms with Gasteiger partial charge in [-0.05, 0) is 54.2 Å². The first-order chi connectivity index (χ1) is 13.6. The van der Waals surface area contributed by atoms with Crippen molar-refractivity contribution < 1.29 is 9.90 Å². The molecule has 0 bridgehead atoms. The maximum atomic E-state index is 11.3. The van der Waals surface area contributed by atoms with E-state index in [-0.39, 0.29) is 5.92 Å². The molecule has 0 amide bonds. The Kier molecular flexibility index (Phi) is 3.93. The average molecular weight is 374 g/mol. The van der Waals surface area contributed by atoms with E-state index in [1.165, 1.54) is 16.3 Å². The molecule has 0 spiro atoms. The van der Waals surface area contributed by atoms with Crippen molar-refractivity contribution >= 4 is 27.8 Å². The van der Waals surface area contributed by atoms with Gasteiger partial charge in [-0.2, -0.15) is 5.10 Å². The predicted molar refractivity (Wildman–Crippen MR) is 108 cm³/mol. The van der Waals surface area contributed by atoms with Crippen LogP contribution in [0.15, 0.2) is 43.0 Å². The van der Waals surface area contributed by atoms with Crippen LogP contribution in [0.1, 0.15) is 37.2 Å². The van der Waals surface area contributed by atoms with Crippen LogP contribution in [0.4, 0.5) is 0 Å². The molecule has 6 heteroatoms. The van der Waals surface area contributed by atoms with Crippen LogP contribution in [0, 0.1) is 5.92 Å². The number of aryl methyl sites for hydroxylation is 1. The number of hydrogen-bond donors (Lipinski definition) is 2. The third-order valence-corrected chi connectivity index (χ3v) is 6.10. The molecule has 1 saturated carbocycles. The van der Waals surface area contributed by atoms with Crippen LogP contribution in [0.5, 0.6) is 0 Å². The van der Waals surface area contributed by atoms with Gasteiger partial charge in [0.1, 0.15) is 5.65 Å². The summed E-state index contributed by atoms with van der Waals surface area (Å²) in [6.07, 6.45) is 11.2. The van der Waals surface area contributed by atoms with Crippen LogP contribution >= 0.6 is 0 Å². The van der Waals surface area contributed by atoms with Gasteiger partial charge < -0.3 is 10.1 Å². The minimum atomic E-state index is -0.661. The zero-order valence-corrected chi connectivity index (χ0v) is 15.7. The average Bonchev–Trinajstić information content (AvgIpc) is 3.34. The van der Waals surface area contributed by atoms with E-state index in [1.807, 2.05) is 30.3 Å². The van der Waals surface area contributed by atoms with Crippen LogP contribution in [0.25, 0.3) is 32.9 Å². The molecule has 1 aromatic carbocycles. The molecule has 3 heterocycles. The number of hydrogen-bond acceptors (Lipinski definition) is 3. The zero-order chi connectivity index (χ0) is 19.3. The molecule has 0 aliphatic heterocycles. The number of benzene rings is 1. The summed E-state index contributed by atoms with van der Waals surface area (Å²) >= 11 is 0. The Hall–Kier alpha value is -3.15. The standard InChI is InChI=1S/C22H22N4O2/c1-26-12-17(10-25-26)15-6-7-16-9-23-21-20(18(16)8-15)19(11-24-21)13-2-4-14(5-3-13)22(27)28/h6-14H,2-5H2,1H3,(H,23,24)(H,27,28)/t13-,14+. The molecule has 4 aromatic rings. The molecule has 1 aliphatic carbocycles. The van der Waals surface area contributed by atoms with Gasteiger partial charge in [-0.25, -0.2) is 4.98 Å². The van der Waals surface area contributed by atoms with Crippen LogP contribution in [0.2, 0.25) is 0 Å². The van der Waals surface area contributed by atoms with Crippen LogP contribution in [-0.4, -0.2) is 30.8 Å². The number of pyridine rings is 1. The highest BCUT2D eigenvalue weighted by atomic mass is 16.4. The maximum absolute atomic E-state index is 11.3. The number of carbonyl (C=O) groups is 1. The van der Waals surface area contributed by atoms with Gasteiger partial charge in [0.05, 0.1) is 12.1 Å². The quantitative estimate of drug-likeness (QED) is 0.554. The van der Waals surface area contributed by atoms with Gasteiger partial charge in [0.25, 0.3) is 0 Å². The Morgan fingerprint density at radius 2 is 2.00 bits per heavy atom. The lowest BCUT2D eigenvalue weighted by atomic mass is 9.78. The molecule has 0 saturated heterocycles. The number of nitrogens with zero attached hydrogens (tertiary/aromatic N) is 3. The van der Waals surface area contributed by atoms with E-state index in [2.05, 4.69) is 39.5 Å². The lowest BCUT2D eigenvalue weighted by Crippen LogP contribution is -2.20. The largest absolute Gasteiger partial charge is 0.481 e. The minimum Gasteiger partial charge on any atom is -0.481 e. The summed E-state index contributed by atoms with van der Waals surface area (Å²) in [5, 5.41) is 17.0. The third kappa shape index (κ3) is 2.76. The maximum Gasteiger partial charge on any atom is 0.306 e. The summed E-state index contributed by atoms with van der Waals surface area (Å²) in [4.78, 5) is 19.2. The smallest absolute Gasteiger partial charge is 0.306 e. The van der Waals surface area contributed by atoms with Crippen molar-refractivity contribution in [2.45, 2.75) is 31.6 Å². The second kappa shape index (κ2) is 6.48. The van der Waals surface area contributed by atoms with Gasteiger partial charge in [0.15, 0.2) is 0 Å². The number of H-pyrrole nitrogens is 1. The molecule has 0 atom stereocenters. The van der Waals surface area contributed by atoms with Crippen LogP contribution in [0.3, 0.4) is 0 Å². The van der Waals surface area contributed by atoms with Crippen LogP contribution < -0.4 is 0 Å². The van der Waals surface area contributed by atoms with E-state index in [4.69, 9.17) is 0 Å². The number of aromatic amines is 1. The molecule has 5 rings (SSSR count). The summed E-state index contributed by atoms with van der Waals surface area (Å²) < 4.78 is 1.81. The number of carboxylic acids is 1. The van der Waals surface area contributed by atoms with Crippen molar-refractivity contribution in [3.05, 3.63) is 48.5 Å². The zero-order valence-electron chi connectivity index (χ0n) is 15.7. The second-order valence-electron chi connectivity index (χ2n) is 7.82. The molecule has 28 heavy (non-hydrogen) atoms. The summed E-state index contributed by atoms with van der Waals surface area (Å²) in [7, 11) is 1.92. The monoisotopic (exact) mass is 374 g/mol. The lowest BCUT2D eigenvalue weighted by molar-refractivity contribution is -0.142. The Morgan fingerprint density at radius 1 is 1.18 bits per heavy atom. The fourth-order valence-corrected chi connectivity index (χ4v) is 4.55. The normalized spacial score (nSPS) is 20.0. The predicted octanol–water partition coefficient (Wildman–Crippen LogP) is 4.48. The number of nitrogens with one attached hydrogen (secondary N) is 1. The van der Waals surface area contributed by atoms with Crippen molar-refractivity contribution in [1.82, 2.24) is 19.7 Å². The molecule has 3 aromatic heterocycles. The van der Waals surface area contributed by atoms with E-state index in [9.17, 15) is 9.90 Å². The van der Waals surface area contributed by atoms with E-state index in [1.54, 1.807) is 0 Å². The Morgan fingerprint density at radius 3 is 2.71 bits per heavy atom. The van der Waals surface area contributed by atoms with Gasteiger partial charge in [-0.15, -0.1) is 0 Å². The fraction of sp³-hybridized carbons (Fsp3) is 0.318. The van der Waals surface area contributed by atoms with Crippen molar-refractivity contribution in [3.8, 4) is 11.1 Å².